The van der Waals surface area contributed by atoms with E-state index in [2.05, 4.69) is 46.7 Å². The third kappa shape index (κ3) is 8.57. The summed E-state index contributed by atoms with van der Waals surface area (Å²) in [5.74, 6) is 0.248. The first-order valence-corrected chi connectivity index (χ1v) is 10.5. The summed E-state index contributed by atoms with van der Waals surface area (Å²) in [6.45, 7) is 6.44. The lowest BCUT2D eigenvalue weighted by atomic mass is 10.00. The number of nitrogens with zero attached hydrogens (tertiary/aromatic N) is 1. The highest BCUT2D eigenvalue weighted by atomic mass is 16.2. The molecule has 0 saturated heterocycles. The van der Waals surface area contributed by atoms with Gasteiger partial charge in [-0.2, -0.15) is 0 Å². The first kappa shape index (κ1) is 21.4. The highest BCUT2D eigenvalue weighted by Crippen LogP contribution is 2.17. The number of carbonyl (C=O) groups excluding carboxylic acids is 2. The van der Waals surface area contributed by atoms with Gasteiger partial charge in [0.25, 0.3) is 0 Å². The van der Waals surface area contributed by atoms with E-state index in [1.54, 1.807) is 0 Å². The van der Waals surface area contributed by atoms with Crippen LogP contribution >= 0.6 is 0 Å². The van der Waals surface area contributed by atoms with Crippen molar-refractivity contribution >= 4 is 11.8 Å². The Labute approximate surface area is 163 Å². The third-order valence-electron chi connectivity index (χ3n) is 5.12. The molecule has 0 aliphatic carbocycles. The Hall–Kier alpha value is -1.88. The van der Waals surface area contributed by atoms with Crippen LogP contribution in [-0.2, 0) is 22.6 Å². The lowest BCUT2D eigenvalue weighted by Gasteiger charge is -2.28. The number of hydrogen-bond acceptors (Lipinski definition) is 3. The summed E-state index contributed by atoms with van der Waals surface area (Å²) < 4.78 is 0. The maximum atomic E-state index is 11.9. The zero-order chi connectivity index (χ0) is 19.3. The number of rotatable bonds is 12. The van der Waals surface area contributed by atoms with E-state index in [0.717, 1.165) is 58.2 Å². The fourth-order valence-electron chi connectivity index (χ4n) is 3.45. The molecule has 1 aromatic rings. The van der Waals surface area contributed by atoms with Crippen LogP contribution in [-0.4, -0.2) is 42.9 Å². The quantitative estimate of drug-likeness (QED) is 0.554. The molecule has 150 valence electrons. The molecular weight excluding hydrogens is 338 g/mol. The maximum absolute atomic E-state index is 11.9. The van der Waals surface area contributed by atoms with Gasteiger partial charge in [-0.1, -0.05) is 44.0 Å². The molecule has 0 aromatic heterocycles. The van der Waals surface area contributed by atoms with Crippen LogP contribution in [0.4, 0.5) is 0 Å². The van der Waals surface area contributed by atoms with Gasteiger partial charge in [0.05, 0.1) is 0 Å². The average Bonchev–Trinajstić information content (AvgIpc) is 2.68. The Kier molecular flexibility index (Phi) is 9.91. The molecule has 0 saturated carbocycles. The first-order chi connectivity index (χ1) is 13.2. The standard InChI is InChI=1S/C22H35N3O2/c1-2-3-4-11-21(26)23-14-8-7-12-22(27)24-15-17-25-16-13-19-9-5-6-10-20(19)18-25/h5-6,9-10H,2-4,7-8,11-18H2,1H3,(H,23,26)(H,24,27). The molecule has 1 aromatic carbocycles. The van der Waals surface area contributed by atoms with Crippen LogP contribution in [0.2, 0.25) is 0 Å². The number of unbranched alkanes of at least 4 members (excludes halogenated alkanes) is 3. The molecule has 1 aliphatic heterocycles. The summed E-state index contributed by atoms with van der Waals surface area (Å²) in [6.07, 6.45) is 7.13. The molecule has 1 aliphatic rings. The predicted octanol–water partition coefficient (Wildman–Crippen LogP) is 3.03. The second-order valence-corrected chi connectivity index (χ2v) is 7.41. The van der Waals surface area contributed by atoms with E-state index in [9.17, 15) is 9.59 Å². The molecule has 2 N–H and O–H groups in total. The minimum atomic E-state index is 0.113. The van der Waals surface area contributed by atoms with E-state index in [4.69, 9.17) is 0 Å². The first-order valence-electron chi connectivity index (χ1n) is 10.5. The molecular formula is C22H35N3O2. The summed E-state index contributed by atoms with van der Waals surface area (Å²) in [5.41, 5.74) is 2.86. The number of nitrogens with one attached hydrogen (secondary N) is 2. The summed E-state index contributed by atoms with van der Waals surface area (Å²) in [6, 6.07) is 8.61. The van der Waals surface area contributed by atoms with Crippen molar-refractivity contribution in [2.45, 2.75) is 64.8 Å². The lowest BCUT2D eigenvalue weighted by Crippen LogP contribution is -2.37. The van der Waals surface area contributed by atoms with E-state index >= 15 is 0 Å². The Morgan fingerprint density at radius 3 is 2.33 bits per heavy atom. The predicted molar refractivity (Wildman–Crippen MR) is 109 cm³/mol. The molecule has 27 heavy (non-hydrogen) atoms. The maximum Gasteiger partial charge on any atom is 0.220 e. The minimum absolute atomic E-state index is 0.113. The van der Waals surface area contributed by atoms with Gasteiger partial charge in [-0.3, -0.25) is 14.5 Å². The van der Waals surface area contributed by atoms with Gasteiger partial charge in [0.1, 0.15) is 0 Å². The number of amides is 2. The molecule has 0 bridgehead atoms. The Morgan fingerprint density at radius 1 is 0.926 bits per heavy atom. The molecule has 2 amide bonds. The van der Waals surface area contributed by atoms with Crippen LogP contribution in [0.25, 0.3) is 0 Å². The van der Waals surface area contributed by atoms with Gasteiger partial charge in [-0.05, 0) is 36.8 Å². The van der Waals surface area contributed by atoms with Crippen molar-refractivity contribution in [3.05, 3.63) is 35.4 Å². The van der Waals surface area contributed by atoms with Gasteiger partial charge in [0, 0.05) is 45.6 Å². The third-order valence-corrected chi connectivity index (χ3v) is 5.12. The van der Waals surface area contributed by atoms with Crippen LogP contribution < -0.4 is 10.6 Å². The minimum Gasteiger partial charge on any atom is -0.356 e. The molecule has 0 spiro atoms. The smallest absolute Gasteiger partial charge is 0.220 e. The number of carbonyl (C=O) groups is 2. The SMILES string of the molecule is CCCCCC(=O)NCCCCC(=O)NCCN1CCc2ccccc2C1. The fraction of sp³-hybridized carbons (Fsp3) is 0.636. The average molecular weight is 374 g/mol. The van der Waals surface area contributed by atoms with Crippen LogP contribution in [0, 0.1) is 0 Å². The van der Waals surface area contributed by atoms with Crippen LogP contribution in [0.5, 0.6) is 0 Å². The highest BCUT2D eigenvalue weighted by Gasteiger charge is 2.15. The normalized spacial score (nSPS) is 13.8. The van der Waals surface area contributed by atoms with Gasteiger partial charge in [-0.25, -0.2) is 0 Å². The van der Waals surface area contributed by atoms with Gasteiger partial charge < -0.3 is 10.6 Å². The van der Waals surface area contributed by atoms with E-state index in [0.29, 0.717) is 25.9 Å². The summed E-state index contributed by atoms with van der Waals surface area (Å²) in [5, 5.41) is 5.95. The molecule has 0 fully saturated rings. The summed E-state index contributed by atoms with van der Waals surface area (Å²) >= 11 is 0. The van der Waals surface area contributed by atoms with Gasteiger partial charge >= 0.3 is 0 Å². The zero-order valence-corrected chi connectivity index (χ0v) is 16.8. The molecule has 5 heteroatoms. The molecule has 5 nitrogen and oxygen atoms in total. The second-order valence-electron chi connectivity index (χ2n) is 7.41. The lowest BCUT2D eigenvalue weighted by molar-refractivity contribution is -0.121. The van der Waals surface area contributed by atoms with Crippen LogP contribution in [0.15, 0.2) is 24.3 Å². The van der Waals surface area contributed by atoms with Crippen molar-refractivity contribution in [2.75, 3.05) is 26.2 Å². The molecule has 0 atom stereocenters. The van der Waals surface area contributed by atoms with Gasteiger partial charge in [-0.15, -0.1) is 0 Å². The van der Waals surface area contributed by atoms with E-state index in [-0.39, 0.29) is 11.8 Å². The Bertz CT molecular complexity index is 589. The summed E-state index contributed by atoms with van der Waals surface area (Å²) in [4.78, 5) is 25.9. The van der Waals surface area contributed by atoms with E-state index < -0.39 is 0 Å². The van der Waals surface area contributed by atoms with Crippen molar-refractivity contribution in [3.63, 3.8) is 0 Å². The number of benzene rings is 1. The summed E-state index contributed by atoms with van der Waals surface area (Å²) in [7, 11) is 0. The van der Waals surface area contributed by atoms with Crippen molar-refractivity contribution in [1.82, 2.24) is 15.5 Å². The molecule has 0 unspecified atom stereocenters. The fourth-order valence-corrected chi connectivity index (χ4v) is 3.45. The molecule has 2 rings (SSSR count). The van der Waals surface area contributed by atoms with Crippen molar-refractivity contribution < 1.29 is 9.59 Å². The van der Waals surface area contributed by atoms with Crippen molar-refractivity contribution in [2.24, 2.45) is 0 Å². The van der Waals surface area contributed by atoms with E-state index in [1.807, 2.05) is 0 Å². The Morgan fingerprint density at radius 2 is 1.59 bits per heavy atom. The monoisotopic (exact) mass is 373 g/mol. The second kappa shape index (κ2) is 12.5. The molecule has 1 heterocycles. The molecule has 0 radical (unpaired) electrons. The van der Waals surface area contributed by atoms with Crippen LogP contribution in [0.3, 0.4) is 0 Å². The van der Waals surface area contributed by atoms with Crippen molar-refractivity contribution in [3.8, 4) is 0 Å². The highest BCUT2D eigenvalue weighted by molar-refractivity contribution is 5.76. The number of fused-ring (bicyclic) bond motifs is 1. The zero-order valence-electron chi connectivity index (χ0n) is 16.8. The van der Waals surface area contributed by atoms with Crippen molar-refractivity contribution in [1.29, 1.82) is 0 Å². The van der Waals surface area contributed by atoms with Gasteiger partial charge in [0.2, 0.25) is 11.8 Å². The topological polar surface area (TPSA) is 61.4 Å². The Balaban J connectivity index is 1.47. The van der Waals surface area contributed by atoms with Crippen LogP contribution in [0.1, 0.15) is 63.0 Å². The van der Waals surface area contributed by atoms with E-state index in [1.165, 1.54) is 11.1 Å². The largest absolute Gasteiger partial charge is 0.356 e. The number of hydrogen-bond donors (Lipinski definition) is 2. The van der Waals surface area contributed by atoms with Gasteiger partial charge in [0.15, 0.2) is 0 Å².